The minimum atomic E-state index is -0.406. The number of piperidine rings is 1. The predicted octanol–water partition coefficient (Wildman–Crippen LogP) is 2.32. The Morgan fingerprint density at radius 2 is 2.20 bits per heavy atom. The van der Waals surface area contributed by atoms with Crippen LogP contribution in [0.5, 0.6) is 0 Å². The molecule has 1 heterocycles. The highest BCUT2D eigenvalue weighted by Gasteiger charge is 2.24. The zero-order valence-corrected chi connectivity index (χ0v) is 12.4. The first-order valence-electron chi connectivity index (χ1n) is 6.57. The van der Waals surface area contributed by atoms with E-state index in [1.807, 2.05) is 6.07 Å². The van der Waals surface area contributed by atoms with Crippen molar-refractivity contribution >= 4 is 35.0 Å². The predicted molar refractivity (Wildman–Crippen MR) is 79.0 cm³/mol. The lowest BCUT2D eigenvalue weighted by Crippen LogP contribution is -2.49. The first-order chi connectivity index (χ1) is 9.56. The van der Waals surface area contributed by atoms with Crippen molar-refractivity contribution < 1.29 is 9.59 Å². The maximum absolute atomic E-state index is 11.9. The third kappa shape index (κ3) is 4.12. The smallest absolute Gasteiger partial charge is 0.242 e. The molecule has 108 valence electrons. The van der Waals surface area contributed by atoms with Gasteiger partial charge in [-0.15, -0.1) is 0 Å². The van der Waals surface area contributed by atoms with Gasteiger partial charge in [0.15, 0.2) is 0 Å². The van der Waals surface area contributed by atoms with Crippen molar-refractivity contribution in [3.63, 3.8) is 0 Å². The van der Waals surface area contributed by atoms with E-state index in [0.29, 0.717) is 35.9 Å². The molecule has 2 N–H and O–H groups in total. The second kappa shape index (κ2) is 6.95. The van der Waals surface area contributed by atoms with Crippen LogP contribution < -0.4 is 10.6 Å². The topological polar surface area (TPSA) is 58.2 Å². The van der Waals surface area contributed by atoms with Crippen molar-refractivity contribution in [2.24, 2.45) is 0 Å². The van der Waals surface area contributed by atoms with Crippen molar-refractivity contribution in [1.82, 2.24) is 10.6 Å². The second-order valence-electron chi connectivity index (χ2n) is 4.79. The summed E-state index contributed by atoms with van der Waals surface area (Å²) >= 11 is 11.9. The molecule has 0 aliphatic carbocycles. The number of halogens is 2. The molecule has 1 aliphatic heterocycles. The van der Waals surface area contributed by atoms with E-state index in [1.54, 1.807) is 12.1 Å². The fraction of sp³-hybridized carbons (Fsp3) is 0.429. The van der Waals surface area contributed by atoms with Crippen LogP contribution >= 0.6 is 23.2 Å². The zero-order valence-electron chi connectivity index (χ0n) is 10.9. The van der Waals surface area contributed by atoms with Crippen molar-refractivity contribution in [2.45, 2.75) is 31.7 Å². The first kappa shape index (κ1) is 15.1. The molecule has 1 atom stereocenters. The fourth-order valence-electron chi connectivity index (χ4n) is 2.17. The summed E-state index contributed by atoms with van der Waals surface area (Å²) in [7, 11) is 0. The van der Waals surface area contributed by atoms with Gasteiger partial charge in [-0.05, 0) is 37.0 Å². The number of hydrogen-bond donors (Lipinski definition) is 2. The molecule has 1 aromatic rings. The van der Waals surface area contributed by atoms with Crippen LogP contribution in [-0.2, 0) is 16.0 Å². The lowest BCUT2D eigenvalue weighted by Gasteiger charge is -2.22. The number of rotatable bonds is 4. The number of carbonyl (C=O) groups excluding carboxylic acids is 2. The highest BCUT2D eigenvalue weighted by atomic mass is 35.5. The molecule has 0 aromatic heterocycles. The molecule has 0 bridgehead atoms. The van der Waals surface area contributed by atoms with Crippen molar-refractivity contribution in [3.8, 4) is 0 Å². The third-order valence-electron chi connectivity index (χ3n) is 3.26. The summed E-state index contributed by atoms with van der Waals surface area (Å²) in [6.45, 7) is 0.479. The number of amides is 2. The molecule has 20 heavy (non-hydrogen) atoms. The third-order valence-corrected chi connectivity index (χ3v) is 3.84. The summed E-state index contributed by atoms with van der Waals surface area (Å²) in [5, 5.41) is 6.69. The molecule has 1 saturated heterocycles. The van der Waals surface area contributed by atoms with Crippen LogP contribution in [0.4, 0.5) is 0 Å². The molecule has 0 saturated carbocycles. The van der Waals surface area contributed by atoms with Gasteiger partial charge in [0.25, 0.3) is 0 Å². The zero-order chi connectivity index (χ0) is 14.5. The average molecular weight is 315 g/mol. The Kier molecular flexibility index (Phi) is 5.26. The Morgan fingerprint density at radius 3 is 2.90 bits per heavy atom. The lowest BCUT2D eigenvalue weighted by atomic mass is 10.0. The van der Waals surface area contributed by atoms with E-state index >= 15 is 0 Å². The molecular formula is C14H16Cl2N2O2. The van der Waals surface area contributed by atoms with Crippen LogP contribution in [0.25, 0.3) is 0 Å². The minimum absolute atomic E-state index is 0.0582. The fourth-order valence-corrected chi connectivity index (χ4v) is 2.67. The second-order valence-corrected chi connectivity index (χ2v) is 5.63. The standard InChI is InChI=1S/C14H16Cl2N2O2/c15-10-5-4-9(11(16)8-10)6-7-17-14(20)12-2-1-3-13(19)18-12/h4-5,8,12H,1-3,6-7H2,(H,17,20)(H,18,19)/t12-/m1/s1. The molecule has 6 heteroatoms. The summed E-state index contributed by atoms with van der Waals surface area (Å²) in [5.41, 5.74) is 0.934. The van der Waals surface area contributed by atoms with Gasteiger partial charge >= 0.3 is 0 Å². The lowest BCUT2D eigenvalue weighted by molar-refractivity contribution is -0.130. The van der Waals surface area contributed by atoms with E-state index in [4.69, 9.17) is 23.2 Å². The normalized spacial score (nSPS) is 18.5. The van der Waals surface area contributed by atoms with E-state index < -0.39 is 6.04 Å². The van der Waals surface area contributed by atoms with E-state index in [-0.39, 0.29) is 11.8 Å². The van der Waals surface area contributed by atoms with Crippen molar-refractivity contribution in [3.05, 3.63) is 33.8 Å². The monoisotopic (exact) mass is 314 g/mol. The first-order valence-corrected chi connectivity index (χ1v) is 7.33. The van der Waals surface area contributed by atoms with Crippen LogP contribution in [0, 0.1) is 0 Å². The highest BCUT2D eigenvalue weighted by molar-refractivity contribution is 6.35. The quantitative estimate of drug-likeness (QED) is 0.896. The SMILES string of the molecule is O=C1CCC[C@H](C(=O)NCCc2ccc(Cl)cc2Cl)N1. The largest absolute Gasteiger partial charge is 0.354 e. The molecule has 4 nitrogen and oxygen atoms in total. The Morgan fingerprint density at radius 1 is 1.40 bits per heavy atom. The van der Waals surface area contributed by atoms with E-state index in [1.165, 1.54) is 0 Å². The minimum Gasteiger partial charge on any atom is -0.354 e. The molecule has 2 rings (SSSR count). The Bertz CT molecular complexity index is 520. The Labute approximate surface area is 127 Å². The van der Waals surface area contributed by atoms with Gasteiger partial charge in [0, 0.05) is 23.0 Å². The van der Waals surface area contributed by atoms with Crippen molar-refractivity contribution in [1.29, 1.82) is 0 Å². The number of nitrogens with one attached hydrogen (secondary N) is 2. The molecule has 0 spiro atoms. The van der Waals surface area contributed by atoms with Gasteiger partial charge in [0.2, 0.25) is 11.8 Å². The van der Waals surface area contributed by atoms with Gasteiger partial charge in [0.1, 0.15) is 6.04 Å². The van der Waals surface area contributed by atoms with Crippen LogP contribution in [0.15, 0.2) is 18.2 Å². The van der Waals surface area contributed by atoms with Crippen LogP contribution in [0.2, 0.25) is 10.0 Å². The van der Waals surface area contributed by atoms with Crippen molar-refractivity contribution in [2.75, 3.05) is 6.54 Å². The van der Waals surface area contributed by atoms with Crippen LogP contribution in [0.1, 0.15) is 24.8 Å². The van der Waals surface area contributed by atoms with Gasteiger partial charge in [-0.1, -0.05) is 29.3 Å². The summed E-state index contributed by atoms with van der Waals surface area (Å²) in [6, 6.07) is 4.89. The molecular weight excluding hydrogens is 299 g/mol. The van der Waals surface area contributed by atoms with Crippen LogP contribution in [-0.4, -0.2) is 24.4 Å². The number of benzene rings is 1. The number of hydrogen-bond acceptors (Lipinski definition) is 2. The summed E-state index contributed by atoms with van der Waals surface area (Å²) < 4.78 is 0. The van der Waals surface area contributed by atoms with Gasteiger partial charge in [-0.25, -0.2) is 0 Å². The molecule has 1 aliphatic rings. The summed E-state index contributed by atoms with van der Waals surface area (Å²) in [6.07, 6.45) is 2.58. The highest BCUT2D eigenvalue weighted by Crippen LogP contribution is 2.21. The van der Waals surface area contributed by atoms with Gasteiger partial charge < -0.3 is 10.6 Å². The average Bonchev–Trinajstić information content (AvgIpc) is 2.41. The van der Waals surface area contributed by atoms with Gasteiger partial charge in [-0.2, -0.15) is 0 Å². The molecule has 0 radical (unpaired) electrons. The maximum Gasteiger partial charge on any atom is 0.242 e. The Balaban J connectivity index is 1.80. The summed E-state index contributed by atoms with van der Waals surface area (Å²) in [4.78, 5) is 23.1. The van der Waals surface area contributed by atoms with E-state index in [0.717, 1.165) is 12.0 Å². The van der Waals surface area contributed by atoms with Crippen LogP contribution in [0.3, 0.4) is 0 Å². The van der Waals surface area contributed by atoms with Gasteiger partial charge in [-0.3, -0.25) is 9.59 Å². The van der Waals surface area contributed by atoms with Gasteiger partial charge in [0.05, 0.1) is 0 Å². The Hall–Kier alpha value is -1.26. The molecule has 0 unspecified atom stereocenters. The number of carbonyl (C=O) groups is 2. The van der Waals surface area contributed by atoms with E-state index in [9.17, 15) is 9.59 Å². The molecule has 1 fully saturated rings. The summed E-state index contributed by atoms with van der Waals surface area (Å²) in [5.74, 6) is -0.194. The molecule has 2 amide bonds. The molecule has 1 aromatic carbocycles. The van der Waals surface area contributed by atoms with E-state index in [2.05, 4.69) is 10.6 Å². The maximum atomic E-state index is 11.9.